The van der Waals surface area contributed by atoms with Crippen LogP contribution in [0.4, 0.5) is 0 Å². The summed E-state index contributed by atoms with van der Waals surface area (Å²) in [5.74, 6) is -0.430. The Morgan fingerprint density at radius 1 is 1.53 bits per heavy atom. The van der Waals surface area contributed by atoms with Crippen LogP contribution in [0.1, 0.15) is 12.0 Å². The van der Waals surface area contributed by atoms with E-state index >= 15 is 0 Å². The van der Waals surface area contributed by atoms with Crippen molar-refractivity contribution in [3.8, 4) is 0 Å². The van der Waals surface area contributed by atoms with E-state index in [2.05, 4.69) is 22.6 Å². The molecule has 1 amide bonds. The summed E-state index contributed by atoms with van der Waals surface area (Å²) in [5.41, 5.74) is 6.23. The summed E-state index contributed by atoms with van der Waals surface area (Å²) in [6.45, 7) is -0.00554. The van der Waals surface area contributed by atoms with Gasteiger partial charge >= 0.3 is 0 Å². The number of nitrogens with two attached hydrogens (primary N) is 1. The van der Waals surface area contributed by atoms with Gasteiger partial charge in [0.1, 0.15) is 0 Å². The molecule has 0 fully saturated rings. The molecule has 0 heterocycles. The third-order valence-corrected chi connectivity index (χ3v) is 2.83. The number of hydrogen-bond donors (Lipinski definition) is 2. The number of aliphatic hydroxyl groups is 1. The summed E-state index contributed by atoms with van der Waals surface area (Å²) in [4.78, 5) is 10.7. The van der Waals surface area contributed by atoms with Gasteiger partial charge in [-0.05, 0) is 52.6 Å². The maximum absolute atomic E-state index is 10.7. The van der Waals surface area contributed by atoms with Crippen LogP contribution < -0.4 is 5.73 Å². The molecule has 15 heavy (non-hydrogen) atoms. The Labute approximate surface area is 103 Å². The highest BCUT2D eigenvalue weighted by Gasteiger charge is 2.11. The second kappa shape index (κ2) is 6.07. The summed E-state index contributed by atoms with van der Waals surface area (Å²) < 4.78 is 1.15. The van der Waals surface area contributed by atoms with E-state index < -0.39 is 0 Å². The van der Waals surface area contributed by atoms with Crippen molar-refractivity contribution in [2.45, 2.75) is 12.8 Å². The van der Waals surface area contributed by atoms with Crippen LogP contribution in [0.25, 0.3) is 0 Å². The Balaban J connectivity index is 2.62. The molecule has 0 unspecified atom stereocenters. The zero-order chi connectivity index (χ0) is 11.3. The minimum absolute atomic E-state index is 0.00554. The van der Waals surface area contributed by atoms with Gasteiger partial charge in [-0.2, -0.15) is 0 Å². The molecule has 1 rings (SSSR count). The van der Waals surface area contributed by atoms with Gasteiger partial charge in [0.05, 0.1) is 0 Å². The summed E-state index contributed by atoms with van der Waals surface area (Å²) in [7, 11) is 0. The molecule has 0 bridgehead atoms. The van der Waals surface area contributed by atoms with E-state index in [-0.39, 0.29) is 24.9 Å². The molecule has 1 atom stereocenters. The molecule has 0 aliphatic carbocycles. The first-order valence-electron chi connectivity index (χ1n) is 4.75. The van der Waals surface area contributed by atoms with Crippen LogP contribution in [0.3, 0.4) is 0 Å². The number of hydrogen-bond acceptors (Lipinski definition) is 2. The van der Waals surface area contributed by atoms with Crippen LogP contribution in [0.2, 0.25) is 0 Å². The number of halogens is 1. The molecule has 3 nitrogen and oxygen atoms in total. The van der Waals surface area contributed by atoms with Crippen LogP contribution in [0.15, 0.2) is 24.3 Å². The van der Waals surface area contributed by atoms with E-state index in [0.29, 0.717) is 6.42 Å². The maximum Gasteiger partial charge on any atom is 0.217 e. The van der Waals surface area contributed by atoms with Gasteiger partial charge in [0.2, 0.25) is 5.91 Å². The molecule has 0 radical (unpaired) electrons. The van der Waals surface area contributed by atoms with Crippen molar-refractivity contribution < 1.29 is 9.90 Å². The second-order valence-electron chi connectivity index (χ2n) is 3.55. The molecule has 0 aliphatic rings. The maximum atomic E-state index is 10.7. The van der Waals surface area contributed by atoms with Gasteiger partial charge in [0, 0.05) is 16.6 Å². The molecular weight excluding hydrogens is 305 g/mol. The van der Waals surface area contributed by atoms with Crippen molar-refractivity contribution in [2.75, 3.05) is 6.61 Å². The van der Waals surface area contributed by atoms with Gasteiger partial charge in [-0.15, -0.1) is 0 Å². The number of benzene rings is 1. The third-order valence-electron chi connectivity index (χ3n) is 2.16. The summed E-state index contributed by atoms with van der Waals surface area (Å²) in [6, 6.07) is 8.01. The van der Waals surface area contributed by atoms with Crippen LogP contribution in [-0.4, -0.2) is 17.6 Å². The first-order valence-corrected chi connectivity index (χ1v) is 5.83. The van der Waals surface area contributed by atoms with Crippen molar-refractivity contribution >= 4 is 28.5 Å². The highest BCUT2D eigenvalue weighted by molar-refractivity contribution is 14.1. The fourth-order valence-electron chi connectivity index (χ4n) is 1.48. The standard InChI is InChI=1S/C11H14INO2/c12-10-3-1-2-8(5-10)4-9(7-14)6-11(13)15/h1-3,5,9,14H,4,6-7H2,(H2,13,15)/t9-/m0/s1. The zero-order valence-electron chi connectivity index (χ0n) is 8.32. The average molecular weight is 319 g/mol. The first-order chi connectivity index (χ1) is 7.11. The molecule has 82 valence electrons. The van der Waals surface area contributed by atoms with Gasteiger partial charge in [-0.3, -0.25) is 4.79 Å². The Bertz CT molecular complexity index is 341. The van der Waals surface area contributed by atoms with E-state index in [4.69, 9.17) is 10.8 Å². The molecule has 0 aromatic heterocycles. The number of carbonyl (C=O) groups excluding carboxylic acids is 1. The fraction of sp³-hybridized carbons (Fsp3) is 0.364. The molecule has 4 heteroatoms. The highest BCUT2D eigenvalue weighted by atomic mass is 127. The van der Waals surface area contributed by atoms with Crippen molar-refractivity contribution in [2.24, 2.45) is 11.7 Å². The number of rotatable bonds is 5. The molecule has 0 spiro atoms. The van der Waals surface area contributed by atoms with Crippen molar-refractivity contribution in [3.05, 3.63) is 33.4 Å². The summed E-state index contributed by atoms with van der Waals surface area (Å²) in [6.07, 6.45) is 0.929. The number of primary amides is 1. The quantitative estimate of drug-likeness (QED) is 0.804. The Morgan fingerprint density at radius 3 is 2.80 bits per heavy atom. The van der Waals surface area contributed by atoms with Gasteiger partial charge in [-0.25, -0.2) is 0 Å². The van der Waals surface area contributed by atoms with Crippen LogP contribution in [0, 0.1) is 9.49 Å². The number of amides is 1. The lowest BCUT2D eigenvalue weighted by Crippen LogP contribution is -2.20. The van der Waals surface area contributed by atoms with Crippen LogP contribution in [-0.2, 0) is 11.2 Å². The van der Waals surface area contributed by atoms with E-state index in [0.717, 1.165) is 9.13 Å². The van der Waals surface area contributed by atoms with Gasteiger partial charge in [0.25, 0.3) is 0 Å². The normalized spacial score (nSPS) is 12.4. The lowest BCUT2D eigenvalue weighted by Gasteiger charge is -2.12. The Kier molecular flexibility index (Phi) is 5.04. The fourth-order valence-corrected chi connectivity index (χ4v) is 2.09. The molecule has 0 aliphatic heterocycles. The summed E-state index contributed by atoms with van der Waals surface area (Å²) >= 11 is 2.24. The monoisotopic (exact) mass is 319 g/mol. The zero-order valence-corrected chi connectivity index (χ0v) is 10.5. The van der Waals surface area contributed by atoms with E-state index in [1.807, 2.05) is 24.3 Å². The topological polar surface area (TPSA) is 63.3 Å². The molecule has 3 N–H and O–H groups in total. The Morgan fingerprint density at radius 2 is 2.27 bits per heavy atom. The van der Waals surface area contributed by atoms with Crippen molar-refractivity contribution in [1.82, 2.24) is 0 Å². The molecule has 1 aromatic rings. The van der Waals surface area contributed by atoms with Gasteiger partial charge in [0.15, 0.2) is 0 Å². The number of carbonyl (C=O) groups is 1. The summed E-state index contributed by atoms with van der Waals surface area (Å²) in [5, 5.41) is 9.10. The largest absolute Gasteiger partial charge is 0.396 e. The number of aliphatic hydroxyl groups excluding tert-OH is 1. The van der Waals surface area contributed by atoms with E-state index in [9.17, 15) is 4.79 Å². The lowest BCUT2D eigenvalue weighted by atomic mass is 9.97. The predicted octanol–water partition coefficient (Wildman–Crippen LogP) is 1.32. The smallest absolute Gasteiger partial charge is 0.217 e. The molecular formula is C11H14INO2. The molecule has 0 saturated carbocycles. The molecule has 0 saturated heterocycles. The SMILES string of the molecule is NC(=O)C[C@@H](CO)Cc1cccc(I)c1. The minimum Gasteiger partial charge on any atom is -0.396 e. The van der Waals surface area contributed by atoms with E-state index in [1.54, 1.807) is 0 Å². The predicted molar refractivity (Wildman–Crippen MR) is 67.3 cm³/mol. The van der Waals surface area contributed by atoms with Crippen molar-refractivity contribution in [3.63, 3.8) is 0 Å². The third kappa shape index (κ3) is 4.61. The van der Waals surface area contributed by atoms with Crippen LogP contribution in [0.5, 0.6) is 0 Å². The second-order valence-corrected chi connectivity index (χ2v) is 4.80. The molecule has 1 aromatic carbocycles. The van der Waals surface area contributed by atoms with Gasteiger partial charge < -0.3 is 10.8 Å². The highest BCUT2D eigenvalue weighted by Crippen LogP contribution is 2.14. The van der Waals surface area contributed by atoms with E-state index in [1.165, 1.54) is 0 Å². The van der Waals surface area contributed by atoms with Crippen LogP contribution >= 0.6 is 22.6 Å². The van der Waals surface area contributed by atoms with Crippen molar-refractivity contribution in [1.29, 1.82) is 0 Å². The minimum atomic E-state index is -0.361. The lowest BCUT2D eigenvalue weighted by molar-refractivity contribution is -0.119. The Hall–Kier alpha value is -0.620. The first kappa shape index (κ1) is 12.4. The van der Waals surface area contributed by atoms with Gasteiger partial charge in [-0.1, -0.05) is 12.1 Å². The average Bonchev–Trinajstić information content (AvgIpc) is 2.16.